The Morgan fingerprint density at radius 1 is 1.12 bits per heavy atom. The van der Waals surface area contributed by atoms with Crippen molar-refractivity contribution in [2.24, 2.45) is 0 Å². The Hall–Kier alpha value is 4.78. The molecule has 0 saturated carbocycles. The van der Waals surface area contributed by atoms with Crippen LogP contribution in [0, 0.1) is 0 Å². The second kappa shape index (κ2) is 22.6. The van der Waals surface area contributed by atoms with Gasteiger partial charge in [-0.1, -0.05) is 0 Å². The monoisotopic (exact) mass is 620 g/mol. The van der Waals surface area contributed by atoms with E-state index in [9.17, 15) is 0 Å². The molecule has 7 heteroatoms. The Balaban J connectivity index is -0.00000000750. The third-order valence-electron chi connectivity index (χ3n) is 0. The fourth-order valence-electron chi connectivity index (χ4n) is 0. The van der Waals surface area contributed by atoms with Crippen LogP contribution in [0.5, 0.6) is 0 Å². The number of carbonyl (C=O) groups is 1. The van der Waals surface area contributed by atoms with Gasteiger partial charge in [-0.25, -0.2) is 4.79 Å². The summed E-state index contributed by atoms with van der Waals surface area (Å²) < 4.78 is 0. The third-order valence-corrected chi connectivity index (χ3v) is 0. The Morgan fingerprint density at radius 2 is 1.12 bits per heavy atom. The second-order valence-corrected chi connectivity index (χ2v) is 0.283. The molecule has 0 heterocycles. The number of hydrogen-bond acceptors (Lipinski definition) is 1. The van der Waals surface area contributed by atoms with Crippen LogP contribution in [0.15, 0.2) is 0 Å². The quantitative estimate of drug-likeness (QED) is 0.328. The van der Waals surface area contributed by atoms with Crippen molar-refractivity contribution in [1.82, 2.24) is 0 Å². The summed E-state index contributed by atoms with van der Waals surface area (Å²) in [7, 11) is 0. The van der Waals surface area contributed by atoms with Gasteiger partial charge in [0.05, 0.1) is 0 Å². The van der Waals surface area contributed by atoms with Crippen molar-refractivity contribution in [3.05, 3.63) is 0 Å². The summed E-state index contributed by atoms with van der Waals surface area (Å²) in [4.78, 5) is 8.56. The minimum atomic E-state index is -1.83. The predicted octanol–water partition coefficient (Wildman–Crippen LogP) is -1.41. The number of rotatable bonds is 0. The van der Waals surface area contributed by atoms with E-state index in [0.717, 1.165) is 0 Å². The van der Waals surface area contributed by atoms with Crippen LogP contribution in [-0.4, -0.2) is 181 Å². The van der Waals surface area contributed by atoms with Crippen molar-refractivity contribution in [2.75, 3.05) is 0 Å². The molecular weight excluding hydrogens is 613 g/mol. The Labute approximate surface area is 196 Å². The van der Waals surface area contributed by atoms with Crippen molar-refractivity contribution >= 4 is 188 Å². The van der Waals surface area contributed by atoms with E-state index in [4.69, 9.17) is 15.0 Å². The van der Waals surface area contributed by atoms with Crippen molar-refractivity contribution in [1.29, 1.82) is 0 Å². The molecule has 0 aliphatic rings. The summed E-state index contributed by atoms with van der Waals surface area (Å²) in [6.07, 6.45) is -1.83. The average Bonchev–Trinajstić information content (AvgIpc) is 0.811. The molecule has 0 saturated heterocycles. The van der Waals surface area contributed by atoms with Crippen LogP contribution in [0.1, 0.15) is 0 Å². The molecule has 3 nitrogen and oxygen atoms in total. The molecule has 0 unspecified atom stereocenters. The van der Waals surface area contributed by atoms with Crippen LogP contribution < -0.4 is 0 Å². The van der Waals surface area contributed by atoms with Gasteiger partial charge in [0.2, 0.25) is 0 Å². The molecule has 2 N–H and O–H groups in total. The van der Waals surface area contributed by atoms with E-state index in [1.165, 1.54) is 0 Å². The van der Waals surface area contributed by atoms with Crippen LogP contribution in [0.25, 0.3) is 0 Å². The molecule has 0 spiro atoms. The molecular formula is CH7BrCs2O3Pb. The van der Waals surface area contributed by atoms with Gasteiger partial charge in [0.25, 0.3) is 0 Å². The molecule has 0 aromatic carbocycles. The van der Waals surface area contributed by atoms with Crippen molar-refractivity contribution in [3.63, 3.8) is 0 Å². The van der Waals surface area contributed by atoms with Crippen LogP contribution in [0.4, 0.5) is 4.79 Å². The van der Waals surface area contributed by atoms with E-state index in [-0.39, 0.29) is 182 Å². The van der Waals surface area contributed by atoms with Gasteiger partial charge < -0.3 is 10.2 Å². The van der Waals surface area contributed by atoms with E-state index in [1.54, 1.807) is 0 Å². The van der Waals surface area contributed by atoms with E-state index in [1.807, 2.05) is 0 Å². The van der Waals surface area contributed by atoms with Gasteiger partial charge in [-0.15, -0.1) is 17.0 Å². The molecule has 0 rings (SSSR count). The molecule has 0 aromatic rings. The van der Waals surface area contributed by atoms with Crippen molar-refractivity contribution in [3.8, 4) is 0 Å². The molecule has 0 fully saturated rings. The van der Waals surface area contributed by atoms with Gasteiger partial charge in [-0.05, 0) is 0 Å². The van der Waals surface area contributed by atoms with Gasteiger partial charge in [-0.2, -0.15) is 0 Å². The van der Waals surface area contributed by atoms with E-state index in [2.05, 4.69) is 0 Å². The second-order valence-electron chi connectivity index (χ2n) is 0.283. The zero-order valence-corrected chi connectivity index (χ0v) is 10.1. The SMILES string of the molecule is Br.O=C(O)O.[CsH].[CsH].[PbH2]. The van der Waals surface area contributed by atoms with Gasteiger partial charge in [0.1, 0.15) is 0 Å². The molecule has 2 radical (unpaired) electrons. The fraction of sp³-hybridized carbons (Fsp3) is 0. The molecule has 0 amide bonds. The summed E-state index contributed by atoms with van der Waals surface area (Å²) in [5, 5.41) is 13.9. The van der Waals surface area contributed by atoms with Crippen molar-refractivity contribution < 1.29 is 15.0 Å². The average molecular weight is 620 g/mol. The molecule has 8 heavy (non-hydrogen) atoms. The molecule has 0 aliphatic heterocycles. The van der Waals surface area contributed by atoms with E-state index < -0.39 is 6.16 Å². The molecule has 0 atom stereocenters. The van der Waals surface area contributed by atoms with Crippen molar-refractivity contribution in [2.45, 2.75) is 0 Å². The number of halogens is 1. The van der Waals surface area contributed by atoms with Gasteiger partial charge in [0, 0.05) is 0 Å². The standard InChI is InChI=1S/CH2O3.BrH.2Cs.Pb.4H/c2-1(3)4;;;;;;;;/h(H2,2,3,4);1H;;;;;;;. The van der Waals surface area contributed by atoms with E-state index in [0.29, 0.717) is 0 Å². The fourth-order valence-corrected chi connectivity index (χ4v) is 0. The Morgan fingerprint density at radius 3 is 1.12 bits per heavy atom. The first-order valence-electron chi connectivity index (χ1n) is 0.651. The summed E-state index contributed by atoms with van der Waals surface area (Å²) >= 11 is 0. The van der Waals surface area contributed by atoms with Crippen LogP contribution in [0.2, 0.25) is 0 Å². The number of hydrogen-bond donors (Lipinski definition) is 2. The van der Waals surface area contributed by atoms with Gasteiger partial charge in [0.15, 0.2) is 0 Å². The van der Waals surface area contributed by atoms with Gasteiger partial charge in [-0.3, -0.25) is 0 Å². The Bertz CT molecular complexity index is 40.3. The van der Waals surface area contributed by atoms with E-state index >= 15 is 0 Å². The zero-order valence-electron chi connectivity index (χ0n) is 2.92. The summed E-state index contributed by atoms with van der Waals surface area (Å²) in [5.41, 5.74) is 0. The molecule has 0 aliphatic carbocycles. The van der Waals surface area contributed by atoms with Gasteiger partial charge >= 0.3 is 171 Å². The molecule has 42 valence electrons. The predicted molar refractivity (Wildman–Crippen MR) is 43.8 cm³/mol. The van der Waals surface area contributed by atoms with Crippen LogP contribution in [0.3, 0.4) is 0 Å². The zero-order chi connectivity index (χ0) is 3.58. The first-order valence-corrected chi connectivity index (χ1v) is 0.651. The summed E-state index contributed by atoms with van der Waals surface area (Å²) in [6.45, 7) is 0. The number of carboxylic acid groups (broad SMARTS) is 2. The minimum absolute atomic E-state index is 0. The molecule has 0 bridgehead atoms. The van der Waals surface area contributed by atoms with Crippen LogP contribution >= 0.6 is 17.0 Å². The maximum absolute atomic E-state index is 8.56. The maximum atomic E-state index is 8.56. The first kappa shape index (κ1) is 29.3. The third kappa shape index (κ3) is 45.1. The molecule has 0 aromatic heterocycles. The summed E-state index contributed by atoms with van der Waals surface area (Å²) in [6, 6.07) is 0. The topological polar surface area (TPSA) is 57.5 Å². The summed E-state index contributed by atoms with van der Waals surface area (Å²) in [5.74, 6) is 0. The Kier molecular flexibility index (Phi) is 82.8. The normalized spacial score (nSPS) is 3.00. The van der Waals surface area contributed by atoms with Crippen LogP contribution in [-0.2, 0) is 0 Å². The first-order chi connectivity index (χ1) is 1.73.